The zero-order valence-corrected chi connectivity index (χ0v) is 15.4. The fourth-order valence-electron chi connectivity index (χ4n) is 2.74. The Morgan fingerprint density at radius 3 is 2.57 bits per heavy atom. The zero-order chi connectivity index (χ0) is 19.9. The highest BCUT2D eigenvalue weighted by Crippen LogP contribution is 2.24. The van der Waals surface area contributed by atoms with Crippen molar-refractivity contribution in [3.8, 4) is 11.5 Å². The molecule has 1 heterocycles. The fraction of sp³-hybridized carbons (Fsp3) is 0.182. The predicted octanol–water partition coefficient (Wildman–Crippen LogP) is 4.96. The van der Waals surface area contributed by atoms with Gasteiger partial charge in [0.1, 0.15) is 11.5 Å². The van der Waals surface area contributed by atoms with E-state index in [0.29, 0.717) is 23.5 Å². The van der Waals surface area contributed by atoms with Crippen molar-refractivity contribution in [3.05, 3.63) is 89.8 Å². The number of aromatic nitrogens is 1. The van der Waals surface area contributed by atoms with Crippen LogP contribution in [0.5, 0.6) is 11.5 Å². The van der Waals surface area contributed by atoms with Gasteiger partial charge in [0.15, 0.2) is 11.6 Å². The van der Waals surface area contributed by atoms with E-state index in [4.69, 9.17) is 4.74 Å². The lowest BCUT2D eigenvalue weighted by Gasteiger charge is -2.16. The maximum atomic E-state index is 13.2. The van der Waals surface area contributed by atoms with E-state index in [1.165, 1.54) is 6.07 Å². The van der Waals surface area contributed by atoms with Crippen LogP contribution in [-0.4, -0.2) is 10.9 Å². The SMILES string of the molecule is CC(NC(=O)CCc1ccc(F)c(F)c1)c1cccc(Oc2ccncc2)c1. The van der Waals surface area contributed by atoms with Crippen LogP contribution < -0.4 is 10.1 Å². The Kier molecular flexibility index (Phi) is 6.32. The van der Waals surface area contributed by atoms with Gasteiger partial charge in [-0.2, -0.15) is 0 Å². The molecular formula is C22H20F2N2O2. The fourth-order valence-corrected chi connectivity index (χ4v) is 2.74. The van der Waals surface area contributed by atoms with Crippen molar-refractivity contribution >= 4 is 5.91 Å². The molecule has 1 amide bonds. The summed E-state index contributed by atoms with van der Waals surface area (Å²) in [5.74, 6) is -0.632. The van der Waals surface area contributed by atoms with Crippen LogP contribution in [-0.2, 0) is 11.2 Å². The molecule has 6 heteroatoms. The Bertz CT molecular complexity index is 948. The molecule has 1 atom stereocenters. The molecule has 0 saturated heterocycles. The van der Waals surface area contributed by atoms with Crippen molar-refractivity contribution in [3.63, 3.8) is 0 Å². The molecule has 1 N–H and O–H groups in total. The van der Waals surface area contributed by atoms with E-state index in [0.717, 1.165) is 17.7 Å². The lowest BCUT2D eigenvalue weighted by molar-refractivity contribution is -0.121. The number of rotatable bonds is 7. The minimum Gasteiger partial charge on any atom is -0.457 e. The summed E-state index contributed by atoms with van der Waals surface area (Å²) in [7, 11) is 0. The average molecular weight is 382 g/mol. The van der Waals surface area contributed by atoms with Crippen LogP contribution in [0.2, 0.25) is 0 Å². The van der Waals surface area contributed by atoms with Gasteiger partial charge in [-0.15, -0.1) is 0 Å². The van der Waals surface area contributed by atoms with Crippen molar-refractivity contribution in [1.29, 1.82) is 0 Å². The largest absolute Gasteiger partial charge is 0.457 e. The monoisotopic (exact) mass is 382 g/mol. The van der Waals surface area contributed by atoms with E-state index >= 15 is 0 Å². The van der Waals surface area contributed by atoms with E-state index in [-0.39, 0.29) is 18.4 Å². The lowest BCUT2D eigenvalue weighted by atomic mass is 10.1. The Labute approximate surface area is 162 Å². The molecule has 3 rings (SSSR count). The quantitative estimate of drug-likeness (QED) is 0.628. The van der Waals surface area contributed by atoms with Crippen molar-refractivity contribution in [1.82, 2.24) is 10.3 Å². The van der Waals surface area contributed by atoms with Crippen LogP contribution >= 0.6 is 0 Å². The first-order chi connectivity index (χ1) is 13.5. The number of halogens is 2. The molecule has 0 aliphatic rings. The number of hydrogen-bond acceptors (Lipinski definition) is 3. The third-order valence-corrected chi connectivity index (χ3v) is 4.25. The number of hydrogen-bond donors (Lipinski definition) is 1. The van der Waals surface area contributed by atoms with Crippen molar-refractivity contribution in [2.24, 2.45) is 0 Å². The summed E-state index contributed by atoms with van der Waals surface area (Å²) in [6.45, 7) is 1.88. The Hall–Kier alpha value is -3.28. The standard InChI is InChI=1S/C22H20F2N2O2/c1-15(26-22(27)8-6-16-5-7-20(23)21(24)13-16)17-3-2-4-19(14-17)28-18-9-11-25-12-10-18/h2-5,7,9-15H,6,8H2,1H3,(H,26,27). The molecular weight excluding hydrogens is 362 g/mol. The maximum absolute atomic E-state index is 13.2. The van der Waals surface area contributed by atoms with Crippen molar-refractivity contribution < 1.29 is 18.3 Å². The molecule has 0 spiro atoms. The second kappa shape index (κ2) is 9.08. The van der Waals surface area contributed by atoms with Gasteiger partial charge in [0.2, 0.25) is 5.91 Å². The van der Waals surface area contributed by atoms with Crippen LogP contribution in [0, 0.1) is 11.6 Å². The average Bonchev–Trinajstić information content (AvgIpc) is 2.70. The molecule has 0 radical (unpaired) electrons. The highest BCUT2D eigenvalue weighted by atomic mass is 19.2. The van der Waals surface area contributed by atoms with Gasteiger partial charge < -0.3 is 10.1 Å². The Morgan fingerprint density at radius 1 is 1.04 bits per heavy atom. The molecule has 0 aliphatic carbocycles. The topological polar surface area (TPSA) is 51.2 Å². The van der Waals surface area contributed by atoms with Gasteiger partial charge in [0.25, 0.3) is 0 Å². The van der Waals surface area contributed by atoms with Gasteiger partial charge in [-0.1, -0.05) is 18.2 Å². The highest BCUT2D eigenvalue weighted by molar-refractivity contribution is 5.76. The van der Waals surface area contributed by atoms with Crippen LogP contribution in [0.15, 0.2) is 67.0 Å². The van der Waals surface area contributed by atoms with Gasteiger partial charge in [-0.05, 0) is 60.9 Å². The summed E-state index contributed by atoms with van der Waals surface area (Å²) in [5.41, 5.74) is 1.47. The number of nitrogens with one attached hydrogen (secondary N) is 1. The van der Waals surface area contributed by atoms with E-state index in [1.54, 1.807) is 24.5 Å². The summed E-state index contributed by atoms with van der Waals surface area (Å²) in [6.07, 6.45) is 3.81. The third-order valence-electron chi connectivity index (χ3n) is 4.25. The van der Waals surface area contributed by atoms with E-state index < -0.39 is 11.6 Å². The molecule has 144 valence electrons. The molecule has 0 bridgehead atoms. The second-order valence-corrected chi connectivity index (χ2v) is 6.40. The summed E-state index contributed by atoms with van der Waals surface area (Å²) >= 11 is 0. The van der Waals surface area contributed by atoms with Crippen LogP contribution in [0.25, 0.3) is 0 Å². The molecule has 1 unspecified atom stereocenters. The number of nitrogens with zero attached hydrogens (tertiary/aromatic N) is 1. The maximum Gasteiger partial charge on any atom is 0.220 e. The van der Waals surface area contributed by atoms with E-state index in [2.05, 4.69) is 10.3 Å². The smallest absolute Gasteiger partial charge is 0.220 e. The lowest BCUT2D eigenvalue weighted by Crippen LogP contribution is -2.26. The minimum absolute atomic E-state index is 0.169. The summed E-state index contributed by atoms with van der Waals surface area (Å²) in [4.78, 5) is 16.2. The number of carbonyl (C=O) groups excluding carboxylic acids is 1. The number of aryl methyl sites for hydroxylation is 1. The minimum atomic E-state index is -0.905. The number of amides is 1. The van der Waals surface area contributed by atoms with Gasteiger partial charge in [-0.25, -0.2) is 8.78 Å². The molecule has 0 saturated carbocycles. The van der Waals surface area contributed by atoms with Crippen LogP contribution in [0.3, 0.4) is 0 Å². The molecule has 1 aromatic heterocycles. The molecule has 0 fully saturated rings. The summed E-state index contributed by atoms with van der Waals surface area (Å²) in [5, 5.41) is 2.91. The molecule has 28 heavy (non-hydrogen) atoms. The zero-order valence-electron chi connectivity index (χ0n) is 15.4. The number of pyridine rings is 1. The number of carbonyl (C=O) groups is 1. The number of ether oxygens (including phenoxy) is 1. The molecule has 2 aromatic carbocycles. The Balaban J connectivity index is 1.56. The van der Waals surface area contributed by atoms with Gasteiger partial charge >= 0.3 is 0 Å². The second-order valence-electron chi connectivity index (χ2n) is 6.40. The van der Waals surface area contributed by atoms with Crippen molar-refractivity contribution in [2.45, 2.75) is 25.8 Å². The normalized spacial score (nSPS) is 11.7. The molecule has 4 nitrogen and oxygen atoms in total. The first-order valence-corrected chi connectivity index (χ1v) is 8.92. The first kappa shape index (κ1) is 19.5. The summed E-state index contributed by atoms with van der Waals surface area (Å²) < 4.78 is 32.0. The van der Waals surface area contributed by atoms with Crippen LogP contribution in [0.4, 0.5) is 8.78 Å². The van der Waals surface area contributed by atoms with E-state index in [1.807, 2.05) is 31.2 Å². The van der Waals surface area contributed by atoms with Gasteiger partial charge in [0, 0.05) is 18.8 Å². The van der Waals surface area contributed by atoms with Gasteiger partial charge in [0.05, 0.1) is 6.04 Å². The van der Waals surface area contributed by atoms with Crippen LogP contribution in [0.1, 0.15) is 30.5 Å². The predicted molar refractivity (Wildman–Crippen MR) is 102 cm³/mol. The summed E-state index contributed by atoms with van der Waals surface area (Å²) in [6, 6.07) is 14.4. The first-order valence-electron chi connectivity index (χ1n) is 8.92. The number of benzene rings is 2. The van der Waals surface area contributed by atoms with E-state index in [9.17, 15) is 13.6 Å². The molecule has 3 aromatic rings. The highest BCUT2D eigenvalue weighted by Gasteiger charge is 2.11. The molecule has 0 aliphatic heterocycles. The third kappa shape index (κ3) is 5.36. The Morgan fingerprint density at radius 2 is 1.82 bits per heavy atom. The van der Waals surface area contributed by atoms with Crippen molar-refractivity contribution in [2.75, 3.05) is 0 Å². The van der Waals surface area contributed by atoms with Gasteiger partial charge in [-0.3, -0.25) is 9.78 Å².